The Morgan fingerprint density at radius 1 is 1.15 bits per heavy atom. The second-order valence-corrected chi connectivity index (χ2v) is 18.0. The van der Waals surface area contributed by atoms with Crippen LogP contribution in [0.1, 0.15) is 63.5 Å². The lowest BCUT2D eigenvalue weighted by molar-refractivity contribution is -0.135. The monoisotopic (exact) mass is 683 g/mol. The number of carbonyl (C=O) groups is 2. The number of benzene rings is 2. The van der Waals surface area contributed by atoms with E-state index in [1.165, 1.54) is 0 Å². The lowest BCUT2D eigenvalue weighted by Crippen LogP contribution is -2.49. The average Bonchev–Trinajstić information content (AvgIpc) is 3.66. The van der Waals surface area contributed by atoms with Crippen LogP contribution in [0.3, 0.4) is 0 Å². The van der Waals surface area contributed by atoms with Crippen molar-refractivity contribution in [2.24, 2.45) is 5.92 Å². The van der Waals surface area contributed by atoms with Gasteiger partial charge in [-0.05, 0) is 119 Å². The van der Waals surface area contributed by atoms with Crippen LogP contribution < -0.4 is 15.0 Å². The number of fused-ring (bicyclic) bond motifs is 1. The van der Waals surface area contributed by atoms with Crippen LogP contribution in [0.5, 0.6) is 5.75 Å². The zero-order valence-corrected chi connectivity index (χ0v) is 30.0. The van der Waals surface area contributed by atoms with Crippen LogP contribution in [0.25, 0.3) is 0 Å². The number of halogens is 1. The van der Waals surface area contributed by atoms with Gasteiger partial charge in [-0.3, -0.25) is 14.5 Å². The molecule has 0 bridgehead atoms. The van der Waals surface area contributed by atoms with Crippen molar-refractivity contribution in [2.75, 3.05) is 37.8 Å². The Hall–Kier alpha value is -2.83. The van der Waals surface area contributed by atoms with Gasteiger partial charge in [-0.1, -0.05) is 19.1 Å². The molecule has 0 saturated carbocycles. The summed E-state index contributed by atoms with van der Waals surface area (Å²) in [6.45, 7) is 9.34. The van der Waals surface area contributed by atoms with Gasteiger partial charge in [0.2, 0.25) is 20.2 Å². The Labute approximate surface area is 286 Å². The first-order valence-electron chi connectivity index (χ1n) is 17.8. The summed E-state index contributed by atoms with van der Waals surface area (Å²) >= 11 is 0. The molecule has 0 aliphatic carbocycles. The second-order valence-electron chi connectivity index (χ2n) is 14.2. The Kier molecular flexibility index (Phi) is 12.3. The minimum Gasteiger partial charge on any atom is -0.494 e. The van der Waals surface area contributed by atoms with E-state index in [1.54, 1.807) is 22.9 Å². The molecule has 2 aromatic carbocycles. The van der Waals surface area contributed by atoms with Gasteiger partial charge in [0.05, 0.1) is 49.6 Å². The van der Waals surface area contributed by atoms with Gasteiger partial charge in [0.25, 0.3) is 0 Å². The lowest BCUT2D eigenvalue weighted by atomic mass is 9.94. The largest absolute Gasteiger partial charge is 0.494 e. The number of aliphatic hydroxyl groups is 2. The Bertz CT molecular complexity index is 1410. The molecule has 2 amide bonds. The number of rotatable bonds is 15. The zero-order valence-electron chi connectivity index (χ0n) is 29.0. The van der Waals surface area contributed by atoms with Crippen molar-refractivity contribution in [3.8, 4) is 5.75 Å². The number of likely N-dealkylation sites (tertiary alicyclic amines) is 1. The topological polar surface area (TPSA) is 112 Å². The van der Waals surface area contributed by atoms with Gasteiger partial charge in [0.1, 0.15) is 5.75 Å². The molecule has 264 valence electrons. The molecule has 0 aromatic heterocycles. The SMILES string of the molecule is CCOc1ccc2c(c1)CC(NCCCCO)C(=O)N2c1cccc(CC[C@@H]2O[C@H](CC(=O)N3CCC[C@H]3CO)[C@@H]([Si](C)(C)F)[C@@H]2C)c1. The second kappa shape index (κ2) is 16.2. The van der Waals surface area contributed by atoms with Gasteiger partial charge < -0.3 is 34.0 Å². The highest BCUT2D eigenvalue weighted by Gasteiger charge is 2.52. The van der Waals surface area contributed by atoms with E-state index in [2.05, 4.69) is 24.4 Å². The van der Waals surface area contributed by atoms with E-state index in [0.29, 0.717) is 45.4 Å². The number of anilines is 2. The van der Waals surface area contributed by atoms with E-state index in [0.717, 1.165) is 47.5 Å². The van der Waals surface area contributed by atoms with Crippen molar-refractivity contribution in [3.05, 3.63) is 53.6 Å². The molecule has 5 rings (SSSR count). The third kappa shape index (κ3) is 8.30. The van der Waals surface area contributed by atoms with E-state index < -0.39 is 20.6 Å². The van der Waals surface area contributed by atoms with Crippen molar-refractivity contribution >= 4 is 31.6 Å². The van der Waals surface area contributed by atoms with Gasteiger partial charge in [-0.15, -0.1) is 0 Å². The van der Waals surface area contributed by atoms with Crippen molar-refractivity contribution < 1.29 is 33.4 Å². The molecule has 48 heavy (non-hydrogen) atoms. The molecule has 3 aliphatic heterocycles. The molecule has 3 N–H and O–H groups in total. The van der Waals surface area contributed by atoms with Gasteiger partial charge in [0.15, 0.2) is 0 Å². The molecule has 1 unspecified atom stereocenters. The van der Waals surface area contributed by atoms with Crippen LogP contribution in [0.15, 0.2) is 42.5 Å². The summed E-state index contributed by atoms with van der Waals surface area (Å²) in [7, 11) is -3.15. The fraction of sp³-hybridized carbons (Fsp3) is 0.622. The number of aryl methyl sites for hydroxylation is 1. The van der Waals surface area contributed by atoms with Crippen LogP contribution in [-0.2, 0) is 27.2 Å². The van der Waals surface area contributed by atoms with Crippen molar-refractivity contribution in [1.82, 2.24) is 10.2 Å². The normalized spacial score (nSPS) is 25.9. The summed E-state index contributed by atoms with van der Waals surface area (Å²) in [5.41, 5.74) is 3.42. The van der Waals surface area contributed by atoms with Gasteiger partial charge in [-0.2, -0.15) is 0 Å². The van der Waals surface area contributed by atoms with Crippen LogP contribution in [0.2, 0.25) is 18.6 Å². The molecule has 0 radical (unpaired) electrons. The van der Waals surface area contributed by atoms with E-state index in [-0.39, 0.29) is 55.1 Å². The van der Waals surface area contributed by atoms with Crippen LogP contribution >= 0.6 is 0 Å². The van der Waals surface area contributed by atoms with Crippen LogP contribution in [0, 0.1) is 5.92 Å². The first-order chi connectivity index (χ1) is 23.0. The summed E-state index contributed by atoms with van der Waals surface area (Å²) in [6.07, 6.45) is 4.53. The third-order valence-electron chi connectivity index (χ3n) is 10.4. The van der Waals surface area contributed by atoms with E-state index in [9.17, 15) is 19.8 Å². The Morgan fingerprint density at radius 3 is 2.69 bits per heavy atom. The highest BCUT2D eigenvalue weighted by Crippen LogP contribution is 2.47. The maximum atomic E-state index is 15.8. The maximum Gasteiger partial charge on any atom is 0.249 e. The predicted octanol–water partition coefficient (Wildman–Crippen LogP) is 5.29. The summed E-state index contributed by atoms with van der Waals surface area (Å²) in [4.78, 5) is 30.8. The zero-order chi connectivity index (χ0) is 34.4. The molecule has 3 aliphatic rings. The third-order valence-corrected chi connectivity index (χ3v) is 12.9. The number of unbranched alkanes of at least 4 members (excludes halogenated alkanes) is 1. The minimum absolute atomic E-state index is 0.0208. The molecule has 2 saturated heterocycles. The number of carbonyl (C=O) groups excluding carboxylic acids is 2. The Balaban J connectivity index is 1.31. The molecule has 11 heteroatoms. The number of aliphatic hydroxyl groups excluding tert-OH is 2. The van der Waals surface area contributed by atoms with Crippen molar-refractivity contribution in [3.63, 3.8) is 0 Å². The van der Waals surface area contributed by atoms with E-state index in [4.69, 9.17) is 9.47 Å². The molecule has 2 aromatic rings. The van der Waals surface area contributed by atoms with Crippen molar-refractivity contribution in [1.29, 1.82) is 0 Å². The fourth-order valence-corrected chi connectivity index (χ4v) is 10.6. The predicted molar refractivity (Wildman–Crippen MR) is 188 cm³/mol. The molecule has 9 nitrogen and oxygen atoms in total. The van der Waals surface area contributed by atoms with Crippen LogP contribution in [-0.4, -0.2) is 92.5 Å². The fourth-order valence-electron chi connectivity index (χ4n) is 8.10. The van der Waals surface area contributed by atoms with Gasteiger partial charge in [0, 0.05) is 24.4 Å². The number of nitrogens with one attached hydrogen (secondary N) is 1. The summed E-state index contributed by atoms with van der Waals surface area (Å²) < 4.78 is 28.1. The number of hydrogen-bond acceptors (Lipinski definition) is 7. The maximum absolute atomic E-state index is 15.8. The first kappa shape index (κ1) is 36.4. The van der Waals surface area contributed by atoms with Gasteiger partial charge in [-0.25, -0.2) is 0 Å². The Morgan fingerprint density at radius 2 is 1.96 bits per heavy atom. The number of hydrogen-bond donors (Lipinski definition) is 3. The highest BCUT2D eigenvalue weighted by molar-refractivity contribution is 6.72. The van der Waals surface area contributed by atoms with Gasteiger partial charge >= 0.3 is 0 Å². The number of nitrogens with zero attached hydrogens (tertiary/aromatic N) is 2. The van der Waals surface area contributed by atoms with E-state index in [1.807, 2.05) is 37.3 Å². The quantitative estimate of drug-likeness (QED) is 0.133. The molecule has 6 atom stereocenters. The molecule has 3 heterocycles. The number of ether oxygens (including phenoxy) is 2. The molecule has 0 spiro atoms. The smallest absolute Gasteiger partial charge is 0.249 e. The lowest BCUT2D eigenvalue weighted by Gasteiger charge is -2.35. The molecular weight excluding hydrogens is 630 g/mol. The number of amides is 2. The minimum atomic E-state index is -3.15. The summed E-state index contributed by atoms with van der Waals surface area (Å²) in [5.74, 6) is 0.669. The van der Waals surface area contributed by atoms with Crippen molar-refractivity contribution in [2.45, 2.75) is 108 Å². The molecule has 2 fully saturated rings. The standard InChI is InChI=1S/C37H54FN3O6Si/c1-5-46-30-14-15-32-27(21-30)22-31(39-17-6-7-19-42)37(45)41(32)28-11-8-10-26(20-28)13-16-33-25(2)36(48(3,4)38)34(47-33)23-35(44)40-18-9-12-29(40)24-43/h8,10-11,14-15,20-21,25,29,31,33-34,36,39,42-43H,5-7,9,12-13,16-19,22-24H2,1-4H3/t25-,29+,31?,33+,34-,36+/m1/s1. The highest BCUT2D eigenvalue weighted by atomic mass is 28.4. The van der Waals surface area contributed by atoms with E-state index >= 15 is 4.11 Å². The summed E-state index contributed by atoms with van der Waals surface area (Å²) in [6, 6.07) is 13.4. The summed E-state index contributed by atoms with van der Waals surface area (Å²) in [5, 5.41) is 22.3. The first-order valence-corrected chi connectivity index (χ1v) is 20.8. The molecular formula is C37H54FN3O6Si. The van der Waals surface area contributed by atoms with Crippen LogP contribution in [0.4, 0.5) is 15.5 Å². The average molecular weight is 684 g/mol.